The lowest BCUT2D eigenvalue weighted by atomic mass is 9.70. The molecule has 0 bridgehead atoms. The molecule has 1 aliphatic rings. The van der Waals surface area contributed by atoms with Crippen LogP contribution in [0.1, 0.15) is 79.6 Å². The number of carboxylic acid groups (broad SMARTS) is 1. The summed E-state index contributed by atoms with van der Waals surface area (Å²) in [6, 6.07) is 13.9. The number of carbonyl (C=O) groups is 1. The number of hydrogen-bond donors (Lipinski definition) is 2. The molecule has 1 aliphatic carbocycles. The number of ether oxygens (including phenoxy) is 1. The number of furan rings is 1. The Kier molecular flexibility index (Phi) is 6.29. The third-order valence-corrected chi connectivity index (χ3v) is 7.16. The fraction of sp³-hybridized carbons (Fsp3) is 0.444. The van der Waals surface area contributed by atoms with Gasteiger partial charge in [0.25, 0.3) is 0 Å². The number of hydrogen-bond acceptors (Lipinski definition) is 4. The fourth-order valence-corrected chi connectivity index (χ4v) is 5.14. The van der Waals surface area contributed by atoms with Gasteiger partial charge in [-0.15, -0.1) is 0 Å². The maximum absolute atomic E-state index is 11.3. The smallest absolute Gasteiger partial charge is 0.371 e. The third kappa shape index (κ3) is 4.02. The molecule has 3 aromatic rings. The number of aryl methyl sites for hydroxylation is 1. The van der Waals surface area contributed by atoms with Crippen molar-refractivity contribution >= 4 is 16.9 Å². The van der Waals surface area contributed by atoms with E-state index in [9.17, 15) is 15.0 Å². The van der Waals surface area contributed by atoms with Gasteiger partial charge in [-0.1, -0.05) is 38.5 Å². The van der Waals surface area contributed by atoms with Crippen LogP contribution in [0, 0.1) is 6.92 Å². The monoisotopic (exact) mass is 436 g/mol. The van der Waals surface area contributed by atoms with Crippen LogP contribution in [0.2, 0.25) is 0 Å². The largest absolute Gasteiger partial charge is 0.487 e. The zero-order chi connectivity index (χ0) is 22.9. The van der Waals surface area contributed by atoms with Gasteiger partial charge in [-0.3, -0.25) is 0 Å². The zero-order valence-corrected chi connectivity index (χ0v) is 19.1. The first kappa shape index (κ1) is 22.4. The highest BCUT2D eigenvalue weighted by molar-refractivity contribution is 5.91. The van der Waals surface area contributed by atoms with Crippen LogP contribution in [-0.4, -0.2) is 28.4 Å². The van der Waals surface area contributed by atoms with E-state index < -0.39 is 12.1 Å². The van der Waals surface area contributed by atoms with E-state index in [4.69, 9.17) is 9.15 Å². The van der Waals surface area contributed by atoms with Gasteiger partial charge in [-0.25, -0.2) is 4.79 Å². The first-order chi connectivity index (χ1) is 15.4. The van der Waals surface area contributed by atoms with E-state index in [2.05, 4.69) is 39.0 Å². The quantitative estimate of drug-likeness (QED) is 0.459. The van der Waals surface area contributed by atoms with Gasteiger partial charge in [0.15, 0.2) is 0 Å². The topological polar surface area (TPSA) is 79.9 Å². The second-order valence-electron chi connectivity index (χ2n) is 8.95. The van der Waals surface area contributed by atoms with Crippen molar-refractivity contribution in [2.75, 3.05) is 0 Å². The predicted molar refractivity (Wildman–Crippen MR) is 125 cm³/mol. The van der Waals surface area contributed by atoms with Crippen molar-refractivity contribution in [3.8, 4) is 5.75 Å². The van der Waals surface area contributed by atoms with E-state index in [0.29, 0.717) is 5.58 Å². The maximum Gasteiger partial charge on any atom is 0.371 e. The number of benzene rings is 2. The van der Waals surface area contributed by atoms with Crippen molar-refractivity contribution in [2.45, 2.75) is 76.9 Å². The van der Waals surface area contributed by atoms with Gasteiger partial charge in [-0.05, 0) is 80.0 Å². The molecule has 0 aliphatic heterocycles. The average Bonchev–Trinajstić information content (AvgIpc) is 3.22. The summed E-state index contributed by atoms with van der Waals surface area (Å²) in [6.07, 6.45) is 5.11. The van der Waals surface area contributed by atoms with E-state index in [0.717, 1.165) is 60.8 Å². The summed E-state index contributed by atoms with van der Waals surface area (Å²) in [4.78, 5) is 11.3. The van der Waals surface area contributed by atoms with E-state index >= 15 is 0 Å². The average molecular weight is 437 g/mol. The molecule has 0 saturated heterocycles. The molecule has 1 aromatic heterocycles. The molecule has 1 unspecified atom stereocenters. The molecule has 5 heteroatoms. The second-order valence-corrected chi connectivity index (χ2v) is 8.95. The molecular weight excluding hydrogens is 404 g/mol. The molecule has 0 radical (unpaired) electrons. The summed E-state index contributed by atoms with van der Waals surface area (Å²) in [6.45, 7) is 6.43. The van der Waals surface area contributed by atoms with Crippen LogP contribution < -0.4 is 4.74 Å². The Morgan fingerprint density at radius 3 is 2.41 bits per heavy atom. The van der Waals surface area contributed by atoms with Crippen molar-refractivity contribution in [3.05, 3.63) is 64.9 Å². The van der Waals surface area contributed by atoms with E-state index in [1.54, 1.807) is 6.07 Å². The van der Waals surface area contributed by atoms with Gasteiger partial charge >= 0.3 is 5.97 Å². The molecule has 1 fully saturated rings. The second kappa shape index (κ2) is 8.99. The first-order valence-corrected chi connectivity index (χ1v) is 11.6. The first-order valence-electron chi connectivity index (χ1n) is 11.6. The normalized spacial score (nSPS) is 19.2. The minimum Gasteiger partial charge on any atom is -0.487 e. The third-order valence-electron chi connectivity index (χ3n) is 7.16. The molecule has 0 spiro atoms. The Balaban J connectivity index is 1.69. The Bertz CT molecular complexity index is 1110. The van der Waals surface area contributed by atoms with Gasteiger partial charge in [0, 0.05) is 10.8 Å². The van der Waals surface area contributed by atoms with E-state index in [1.165, 1.54) is 5.56 Å². The number of aromatic carboxylic acids is 1. The lowest BCUT2D eigenvalue weighted by Crippen LogP contribution is -2.34. The van der Waals surface area contributed by atoms with Gasteiger partial charge in [0.1, 0.15) is 17.4 Å². The lowest BCUT2D eigenvalue weighted by Gasteiger charge is -2.34. The Morgan fingerprint density at radius 2 is 1.75 bits per heavy atom. The Labute approximate surface area is 189 Å². The molecule has 1 saturated carbocycles. The highest BCUT2D eigenvalue weighted by Gasteiger charge is 2.32. The standard InChI is InChI=1S/C27H32O5/c1-4-27(5-2,20-11-13-23-18(15-20)16-25(32-23)26(29)30)19-10-12-22(17(3)14-19)31-24-9-7-6-8-21(24)28/h10-16,21,24,28H,4-9H2,1-3H3,(H,29,30)/t21-,24?/m0/s1. The highest BCUT2D eigenvalue weighted by Crippen LogP contribution is 2.41. The zero-order valence-electron chi connectivity index (χ0n) is 19.1. The van der Waals surface area contributed by atoms with Crippen molar-refractivity contribution < 1.29 is 24.2 Å². The van der Waals surface area contributed by atoms with Crippen LogP contribution >= 0.6 is 0 Å². The Morgan fingerprint density at radius 1 is 1.06 bits per heavy atom. The van der Waals surface area contributed by atoms with Crippen LogP contribution in [0.25, 0.3) is 11.0 Å². The summed E-state index contributed by atoms with van der Waals surface area (Å²) in [5.41, 5.74) is 3.78. The van der Waals surface area contributed by atoms with Crippen LogP contribution in [0.4, 0.5) is 0 Å². The lowest BCUT2D eigenvalue weighted by molar-refractivity contribution is 0.00652. The molecule has 2 aromatic carbocycles. The number of rotatable bonds is 7. The number of aliphatic hydroxyl groups excluding tert-OH is 1. The summed E-state index contributed by atoms with van der Waals surface area (Å²) in [5, 5.41) is 20.3. The van der Waals surface area contributed by atoms with Crippen LogP contribution in [-0.2, 0) is 5.41 Å². The molecule has 2 N–H and O–H groups in total. The summed E-state index contributed by atoms with van der Waals surface area (Å²) >= 11 is 0. The molecule has 2 atom stereocenters. The minimum absolute atomic E-state index is 0.0435. The van der Waals surface area contributed by atoms with Crippen molar-refractivity contribution in [1.82, 2.24) is 0 Å². The highest BCUT2D eigenvalue weighted by atomic mass is 16.5. The van der Waals surface area contributed by atoms with Crippen LogP contribution in [0.15, 0.2) is 46.9 Å². The molecule has 1 heterocycles. The van der Waals surface area contributed by atoms with Crippen molar-refractivity contribution in [3.63, 3.8) is 0 Å². The fourth-order valence-electron chi connectivity index (χ4n) is 5.14. The number of fused-ring (bicyclic) bond motifs is 1. The molecular formula is C27H32O5. The minimum atomic E-state index is -1.06. The molecule has 5 nitrogen and oxygen atoms in total. The summed E-state index contributed by atoms with van der Waals surface area (Å²) < 4.78 is 11.7. The van der Waals surface area contributed by atoms with E-state index in [-0.39, 0.29) is 17.3 Å². The number of carboxylic acids is 1. The van der Waals surface area contributed by atoms with Crippen LogP contribution in [0.5, 0.6) is 5.75 Å². The molecule has 4 rings (SSSR count). The summed E-state index contributed by atoms with van der Waals surface area (Å²) in [7, 11) is 0. The molecule has 32 heavy (non-hydrogen) atoms. The van der Waals surface area contributed by atoms with Crippen LogP contribution in [0.3, 0.4) is 0 Å². The van der Waals surface area contributed by atoms with Gasteiger partial charge < -0.3 is 19.4 Å². The van der Waals surface area contributed by atoms with Crippen molar-refractivity contribution in [1.29, 1.82) is 0 Å². The Hall–Kier alpha value is -2.79. The van der Waals surface area contributed by atoms with Crippen molar-refractivity contribution in [2.24, 2.45) is 0 Å². The molecule has 170 valence electrons. The summed E-state index contributed by atoms with van der Waals surface area (Å²) in [5.74, 6) is -0.274. The van der Waals surface area contributed by atoms with Gasteiger partial charge in [0.2, 0.25) is 5.76 Å². The van der Waals surface area contributed by atoms with Gasteiger partial charge in [0.05, 0.1) is 6.10 Å². The number of aliphatic hydroxyl groups is 1. The maximum atomic E-state index is 11.3. The van der Waals surface area contributed by atoms with E-state index in [1.807, 2.05) is 18.2 Å². The SMILES string of the molecule is CCC(CC)(c1ccc(OC2CCCC[C@@H]2O)c(C)c1)c1ccc2oc(C(=O)O)cc2c1. The van der Waals surface area contributed by atoms with Gasteiger partial charge in [-0.2, -0.15) is 0 Å². The molecule has 0 amide bonds. The predicted octanol–water partition coefficient (Wildman–Crippen LogP) is 6.23.